The number of ether oxygens (including phenoxy) is 3. The molecule has 0 aliphatic heterocycles. The third-order valence-electron chi connectivity index (χ3n) is 3.42. The highest BCUT2D eigenvalue weighted by Gasteiger charge is 2.29. The molecule has 0 aliphatic rings. The molecule has 0 spiro atoms. The van der Waals surface area contributed by atoms with Crippen LogP contribution in [0.15, 0.2) is 12.2 Å². The Morgan fingerprint density at radius 2 is 1.50 bits per heavy atom. The lowest BCUT2D eigenvalue weighted by molar-refractivity contribution is -0.386. The summed E-state index contributed by atoms with van der Waals surface area (Å²) in [5.74, 6) is 0. The van der Waals surface area contributed by atoms with Crippen LogP contribution in [0.5, 0.6) is 0 Å². The topological polar surface area (TPSA) is 53.7 Å². The fourth-order valence-electron chi connectivity index (χ4n) is 2.29. The second-order valence-electron chi connectivity index (χ2n) is 5.66. The van der Waals surface area contributed by atoms with E-state index in [2.05, 4.69) is 19.1 Å². The van der Waals surface area contributed by atoms with E-state index in [-0.39, 0.29) is 6.10 Å². The quantitative estimate of drug-likeness (QED) is 0.270. The van der Waals surface area contributed by atoms with Crippen LogP contribution in [0.2, 0.25) is 0 Å². The van der Waals surface area contributed by atoms with E-state index in [4.69, 9.17) is 19.9 Å². The first-order valence-corrected chi connectivity index (χ1v) is 8.97. The summed E-state index contributed by atoms with van der Waals surface area (Å²) in [5.41, 5.74) is 5.94. The third kappa shape index (κ3) is 12.2. The monoisotopic (exact) mass is 315 g/mol. The van der Waals surface area contributed by atoms with Crippen molar-refractivity contribution in [3.8, 4) is 0 Å². The molecule has 0 saturated carbocycles. The van der Waals surface area contributed by atoms with E-state index in [1.807, 2.05) is 20.8 Å². The maximum absolute atomic E-state index is 5.94. The van der Waals surface area contributed by atoms with Crippen LogP contribution in [-0.2, 0) is 14.2 Å². The Hall–Kier alpha value is -0.420. The Kier molecular flexibility index (Phi) is 13.9. The molecule has 0 aliphatic carbocycles. The van der Waals surface area contributed by atoms with Gasteiger partial charge in [0.15, 0.2) is 0 Å². The maximum Gasteiger partial charge on any atom is 0.348 e. The van der Waals surface area contributed by atoms with Gasteiger partial charge < -0.3 is 14.2 Å². The normalized spacial score (nSPS) is 13.9. The lowest BCUT2D eigenvalue weighted by Gasteiger charge is -2.30. The molecule has 1 atom stereocenters. The minimum atomic E-state index is -1.42. The molecule has 0 amide bonds. The number of rotatable bonds is 15. The maximum atomic E-state index is 5.94. The molecule has 4 nitrogen and oxygen atoms in total. The van der Waals surface area contributed by atoms with Gasteiger partial charge in [-0.3, -0.25) is 5.73 Å². The molecule has 0 saturated heterocycles. The van der Waals surface area contributed by atoms with Crippen molar-refractivity contribution in [3.05, 3.63) is 12.2 Å². The minimum Gasteiger partial charge on any atom is -0.315 e. The van der Waals surface area contributed by atoms with Gasteiger partial charge in [-0.2, -0.15) is 0 Å². The predicted molar refractivity (Wildman–Crippen MR) is 92.5 cm³/mol. The van der Waals surface area contributed by atoms with Crippen LogP contribution in [0.4, 0.5) is 0 Å². The van der Waals surface area contributed by atoms with Gasteiger partial charge in [-0.15, -0.1) is 0 Å². The van der Waals surface area contributed by atoms with E-state index >= 15 is 0 Å². The summed E-state index contributed by atoms with van der Waals surface area (Å²) in [7, 11) is 0. The van der Waals surface area contributed by atoms with Crippen molar-refractivity contribution in [1.29, 1.82) is 0 Å². The molecule has 0 fully saturated rings. The van der Waals surface area contributed by atoms with Crippen LogP contribution in [0.3, 0.4) is 0 Å². The molecule has 0 rings (SSSR count). The smallest absolute Gasteiger partial charge is 0.315 e. The van der Waals surface area contributed by atoms with E-state index in [0.29, 0.717) is 13.2 Å². The molecule has 0 aromatic rings. The molecule has 1 unspecified atom stereocenters. The molecule has 0 aromatic carbocycles. The van der Waals surface area contributed by atoms with Gasteiger partial charge in [0.2, 0.25) is 0 Å². The van der Waals surface area contributed by atoms with Gasteiger partial charge in [0.25, 0.3) is 0 Å². The second-order valence-corrected chi connectivity index (χ2v) is 5.66. The Labute approximate surface area is 137 Å². The van der Waals surface area contributed by atoms with Crippen LogP contribution in [-0.4, -0.2) is 25.4 Å². The second kappa shape index (κ2) is 14.2. The van der Waals surface area contributed by atoms with Crippen molar-refractivity contribution in [2.45, 2.75) is 91.3 Å². The average Bonchev–Trinajstić information content (AvgIpc) is 2.45. The largest absolute Gasteiger partial charge is 0.348 e. The third-order valence-corrected chi connectivity index (χ3v) is 3.42. The lowest BCUT2D eigenvalue weighted by atomic mass is 10.1. The first kappa shape index (κ1) is 21.6. The lowest BCUT2D eigenvalue weighted by Crippen LogP contribution is -2.50. The molecule has 2 N–H and O–H groups in total. The Balaban J connectivity index is 3.77. The first-order chi connectivity index (χ1) is 10.6. The summed E-state index contributed by atoms with van der Waals surface area (Å²) in [5, 5.41) is 0. The molecule has 22 heavy (non-hydrogen) atoms. The van der Waals surface area contributed by atoms with Gasteiger partial charge in [0.05, 0.1) is 19.3 Å². The molecule has 0 heterocycles. The fraction of sp³-hybridized carbons (Fsp3) is 0.889. The van der Waals surface area contributed by atoms with Crippen molar-refractivity contribution < 1.29 is 14.2 Å². The molecule has 0 bridgehead atoms. The summed E-state index contributed by atoms with van der Waals surface area (Å²) in [4.78, 5) is 0. The molecule has 0 aromatic heterocycles. The molecule has 132 valence electrons. The van der Waals surface area contributed by atoms with E-state index in [1.165, 1.54) is 38.5 Å². The van der Waals surface area contributed by atoms with Crippen molar-refractivity contribution in [2.24, 2.45) is 5.73 Å². The Morgan fingerprint density at radius 3 is 2.09 bits per heavy atom. The van der Waals surface area contributed by atoms with Crippen molar-refractivity contribution in [3.63, 3.8) is 0 Å². The van der Waals surface area contributed by atoms with E-state index < -0.39 is 6.10 Å². The van der Waals surface area contributed by atoms with Crippen molar-refractivity contribution >= 4 is 0 Å². The first-order valence-electron chi connectivity index (χ1n) is 8.97. The fourth-order valence-corrected chi connectivity index (χ4v) is 2.29. The highest BCUT2D eigenvalue weighted by molar-refractivity contribution is 4.83. The van der Waals surface area contributed by atoms with Crippen molar-refractivity contribution in [2.75, 3.05) is 13.2 Å². The Bertz CT molecular complexity index is 263. The number of allylic oxidation sites excluding steroid dienone is 1. The van der Waals surface area contributed by atoms with Gasteiger partial charge in [0, 0.05) is 0 Å². The highest BCUT2D eigenvalue weighted by atomic mass is 16.9. The van der Waals surface area contributed by atoms with E-state index in [0.717, 1.165) is 12.8 Å². The molecular formula is C18H37NO3. The number of nitrogens with two attached hydrogens (primary N) is 1. The Morgan fingerprint density at radius 1 is 0.909 bits per heavy atom. The van der Waals surface area contributed by atoms with Gasteiger partial charge in [-0.1, -0.05) is 51.2 Å². The zero-order valence-corrected chi connectivity index (χ0v) is 15.1. The van der Waals surface area contributed by atoms with Crippen LogP contribution < -0.4 is 5.73 Å². The predicted octanol–water partition coefficient (Wildman–Crippen LogP) is 4.73. The van der Waals surface area contributed by atoms with E-state index in [1.54, 1.807) is 0 Å². The van der Waals surface area contributed by atoms with Gasteiger partial charge in [-0.25, -0.2) is 0 Å². The van der Waals surface area contributed by atoms with Crippen LogP contribution in [0.1, 0.15) is 79.1 Å². The average molecular weight is 315 g/mol. The van der Waals surface area contributed by atoms with Crippen LogP contribution >= 0.6 is 0 Å². The zero-order valence-electron chi connectivity index (χ0n) is 15.1. The van der Waals surface area contributed by atoms with Gasteiger partial charge in [-0.05, 0) is 40.0 Å². The minimum absolute atomic E-state index is 0.0381. The summed E-state index contributed by atoms with van der Waals surface area (Å²) in [6, 6.07) is 0. The van der Waals surface area contributed by atoms with Crippen LogP contribution in [0.25, 0.3) is 0 Å². The molecule has 0 radical (unpaired) electrons. The van der Waals surface area contributed by atoms with E-state index in [9.17, 15) is 0 Å². The standard InChI is InChI=1S/C18H37NO3/c1-5-8-9-10-11-12-13-14-15-16-17(4)22-18(19,20-6-2)21-7-3/h14-15,17H,5-13,16,19H2,1-4H3/b15-14+. The SMILES string of the molecule is CCCCCCCC/C=C/CC(C)OC(N)(OCC)OCC. The molecular weight excluding hydrogens is 278 g/mol. The summed E-state index contributed by atoms with van der Waals surface area (Å²) in [6.45, 7) is 8.88. The summed E-state index contributed by atoms with van der Waals surface area (Å²) >= 11 is 0. The van der Waals surface area contributed by atoms with Crippen LogP contribution in [0, 0.1) is 0 Å². The number of unbranched alkanes of at least 4 members (excludes halogenated alkanes) is 6. The van der Waals surface area contributed by atoms with Gasteiger partial charge in [0.1, 0.15) is 0 Å². The van der Waals surface area contributed by atoms with Crippen molar-refractivity contribution in [1.82, 2.24) is 0 Å². The zero-order chi connectivity index (χ0) is 16.7. The number of hydrogen-bond acceptors (Lipinski definition) is 4. The summed E-state index contributed by atoms with van der Waals surface area (Å²) < 4.78 is 16.4. The molecule has 4 heteroatoms. The summed E-state index contributed by atoms with van der Waals surface area (Å²) in [6.07, 6.45) is 12.9. The highest BCUT2D eigenvalue weighted by Crippen LogP contribution is 2.14. The van der Waals surface area contributed by atoms with Gasteiger partial charge >= 0.3 is 6.10 Å². The number of hydrogen-bond donors (Lipinski definition) is 1.